The zero-order valence-electron chi connectivity index (χ0n) is 16.3. The molecule has 154 valence electrons. The number of aromatic nitrogens is 1. The van der Waals surface area contributed by atoms with Crippen LogP contribution in [0, 0.1) is 13.8 Å². The molecule has 0 radical (unpaired) electrons. The molecule has 29 heavy (non-hydrogen) atoms. The van der Waals surface area contributed by atoms with E-state index >= 15 is 0 Å². The van der Waals surface area contributed by atoms with Gasteiger partial charge >= 0.3 is 0 Å². The molecule has 1 heterocycles. The number of hydrogen-bond acceptors (Lipinski definition) is 5. The van der Waals surface area contributed by atoms with E-state index < -0.39 is 19.9 Å². The maximum absolute atomic E-state index is 13.0. The van der Waals surface area contributed by atoms with Gasteiger partial charge in [0, 0.05) is 29.9 Å². The van der Waals surface area contributed by atoms with Crippen molar-refractivity contribution in [3.8, 4) is 0 Å². The van der Waals surface area contributed by atoms with E-state index in [0.717, 1.165) is 6.26 Å². The highest BCUT2D eigenvalue weighted by Gasteiger charge is 2.23. The number of sulfonamides is 1. The second kappa shape index (κ2) is 7.20. The number of sulfone groups is 1. The van der Waals surface area contributed by atoms with Gasteiger partial charge in [0.05, 0.1) is 9.79 Å². The number of H-pyrrole nitrogens is 1. The average molecular weight is 436 g/mol. The number of carbonyl (C=O) groups excluding carboxylic acids is 1. The third-order valence-corrected chi connectivity index (χ3v) is 7.22. The molecular weight excluding hydrogens is 414 g/mol. The molecule has 3 rings (SSSR count). The quantitative estimate of drug-likeness (QED) is 0.567. The number of aromatic amines is 1. The summed E-state index contributed by atoms with van der Waals surface area (Å²) in [7, 11) is -6.10. The summed E-state index contributed by atoms with van der Waals surface area (Å²) in [6, 6.07) is 9.32. The first-order chi connectivity index (χ1) is 13.4. The molecule has 2 aromatic carbocycles. The summed E-state index contributed by atoms with van der Waals surface area (Å²) in [5.74, 6) is -0.285. The minimum Gasteiger partial charge on any atom is -0.354 e. The van der Waals surface area contributed by atoms with Gasteiger partial charge in [0.1, 0.15) is 5.69 Å². The fourth-order valence-corrected chi connectivity index (χ4v) is 5.65. The predicted octanol–water partition coefficient (Wildman–Crippen LogP) is 2.35. The third-order valence-electron chi connectivity index (χ3n) is 4.49. The largest absolute Gasteiger partial charge is 0.354 e. The van der Waals surface area contributed by atoms with Crippen molar-refractivity contribution in [1.82, 2.24) is 10.3 Å². The highest BCUT2D eigenvalue weighted by Crippen LogP contribution is 2.28. The smallest absolute Gasteiger partial charge is 0.267 e. The molecule has 3 N–H and O–H groups in total. The van der Waals surface area contributed by atoms with Crippen LogP contribution in [0.3, 0.4) is 0 Å². The van der Waals surface area contributed by atoms with Crippen LogP contribution in [0.4, 0.5) is 5.69 Å². The SMILES string of the molecule is CNC(=O)c1cc2cc(NS(=O)(=O)c3cc(C)cc(S(C)(=O)=O)c3C)ccc2[nH]1. The Morgan fingerprint density at radius 1 is 0.966 bits per heavy atom. The number of hydrogen-bond donors (Lipinski definition) is 3. The monoisotopic (exact) mass is 435 g/mol. The van der Waals surface area contributed by atoms with Gasteiger partial charge in [-0.3, -0.25) is 9.52 Å². The van der Waals surface area contributed by atoms with E-state index in [0.29, 0.717) is 27.8 Å². The number of carbonyl (C=O) groups is 1. The topological polar surface area (TPSA) is 125 Å². The number of amides is 1. The molecule has 0 aliphatic carbocycles. The molecule has 0 atom stereocenters. The van der Waals surface area contributed by atoms with Gasteiger partial charge in [-0.25, -0.2) is 16.8 Å². The number of benzene rings is 2. The Morgan fingerprint density at radius 3 is 2.24 bits per heavy atom. The molecule has 0 fully saturated rings. The number of anilines is 1. The molecule has 8 nitrogen and oxygen atoms in total. The van der Waals surface area contributed by atoms with Crippen molar-refractivity contribution < 1.29 is 21.6 Å². The van der Waals surface area contributed by atoms with Crippen LogP contribution in [0.2, 0.25) is 0 Å². The molecular formula is C19H21N3O5S2. The van der Waals surface area contributed by atoms with E-state index in [-0.39, 0.29) is 21.3 Å². The molecule has 0 aliphatic rings. The Kier molecular flexibility index (Phi) is 5.18. The van der Waals surface area contributed by atoms with Gasteiger partial charge in [0.25, 0.3) is 15.9 Å². The Hall–Kier alpha value is -2.85. The van der Waals surface area contributed by atoms with Crippen molar-refractivity contribution in [3.05, 3.63) is 53.2 Å². The van der Waals surface area contributed by atoms with E-state index in [9.17, 15) is 21.6 Å². The van der Waals surface area contributed by atoms with Crippen LogP contribution < -0.4 is 10.0 Å². The van der Waals surface area contributed by atoms with Crippen molar-refractivity contribution in [3.63, 3.8) is 0 Å². The zero-order chi connectivity index (χ0) is 21.6. The van der Waals surface area contributed by atoms with Crippen LogP contribution in [-0.4, -0.2) is 41.0 Å². The van der Waals surface area contributed by atoms with Gasteiger partial charge < -0.3 is 10.3 Å². The van der Waals surface area contributed by atoms with Crippen molar-refractivity contribution in [1.29, 1.82) is 0 Å². The minimum absolute atomic E-state index is 0.0193. The summed E-state index contributed by atoms with van der Waals surface area (Å²) >= 11 is 0. The van der Waals surface area contributed by atoms with Gasteiger partial charge in [-0.2, -0.15) is 0 Å². The molecule has 0 aliphatic heterocycles. The molecule has 0 spiro atoms. The first kappa shape index (κ1) is 20.9. The molecule has 0 saturated heterocycles. The second-order valence-electron chi connectivity index (χ2n) is 6.83. The van der Waals surface area contributed by atoms with Crippen LogP contribution in [0.5, 0.6) is 0 Å². The Bertz CT molecular complexity index is 1340. The van der Waals surface area contributed by atoms with Gasteiger partial charge in [0.2, 0.25) is 0 Å². The first-order valence-corrected chi connectivity index (χ1v) is 12.0. The lowest BCUT2D eigenvalue weighted by Gasteiger charge is -2.14. The van der Waals surface area contributed by atoms with E-state index in [2.05, 4.69) is 15.0 Å². The van der Waals surface area contributed by atoms with E-state index in [1.165, 1.54) is 26.1 Å². The Labute approximate surface area is 169 Å². The molecule has 0 bridgehead atoms. The summed E-state index contributed by atoms with van der Waals surface area (Å²) in [4.78, 5) is 14.6. The summed E-state index contributed by atoms with van der Waals surface area (Å²) in [6.07, 6.45) is 1.04. The predicted molar refractivity (Wildman–Crippen MR) is 112 cm³/mol. The van der Waals surface area contributed by atoms with Crippen molar-refractivity contribution in [2.45, 2.75) is 23.6 Å². The molecule has 3 aromatic rings. The summed E-state index contributed by atoms with van der Waals surface area (Å²) in [5.41, 5.74) is 2.01. The summed E-state index contributed by atoms with van der Waals surface area (Å²) < 4.78 is 52.5. The Balaban J connectivity index is 2.04. The van der Waals surface area contributed by atoms with E-state index in [4.69, 9.17) is 0 Å². The van der Waals surface area contributed by atoms with Crippen LogP contribution >= 0.6 is 0 Å². The molecule has 1 aromatic heterocycles. The minimum atomic E-state index is -4.04. The molecule has 1 amide bonds. The van der Waals surface area contributed by atoms with Gasteiger partial charge in [0.15, 0.2) is 9.84 Å². The maximum atomic E-state index is 13.0. The van der Waals surface area contributed by atoms with Crippen LogP contribution in [0.25, 0.3) is 10.9 Å². The molecule has 0 unspecified atom stereocenters. The van der Waals surface area contributed by atoms with Crippen LogP contribution in [-0.2, 0) is 19.9 Å². The maximum Gasteiger partial charge on any atom is 0.267 e. The lowest BCUT2D eigenvalue weighted by Crippen LogP contribution is -2.17. The number of aryl methyl sites for hydroxylation is 1. The van der Waals surface area contributed by atoms with Gasteiger partial charge in [-0.1, -0.05) is 0 Å². The average Bonchev–Trinajstić information content (AvgIpc) is 3.04. The number of nitrogens with one attached hydrogen (secondary N) is 3. The van der Waals surface area contributed by atoms with E-state index in [1.54, 1.807) is 31.2 Å². The lowest BCUT2D eigenvalue weighted by molar-refractivity contribution is 0.0959. The summed E-state index contributed by atoms with van der Waals surface area (Å²) in [6.45, 7) is 3.11. The Morgan fingerprint density at radius 2 is 1.62 bits per heavy atom. The lowest BCUT2D eigenvalue weighted by atomic mass is 10.2. The summed E-state index contributed by atoms with van der Waals surface area (Å²) in [5, 5.41) is 3.17. The highest BCUT2D eigenvalue weighted by molar-refractivity contribution is 7.93. The zero-order valence-corrected chi connectivity index (χ0v) is 18.0. The van der Waals surface area contributed by atoms with Gasteiger partial charge in [-0.05, 0) is 61.4 Å². The first-order valence-electron chi connectivity index (χ1n) is 8.61. The molecule has 10 heteroatoms. The van der Waals surface area contributed by atoms with Crippen LogP contribution in [0.1, 0.15) is 21.6 Å². The van der Waals surface area contributed by atoms with Crippen LogP contribution in [0.15, 0.2) is 46.2 Å². The van der Waals surface area contributed by atoms with Crippen molar-refractivity contribution >= 4 is 42.4 Å². The fourth-order valence-electron chi connectivity index (χ4n) is 3.12. The molecule has 0 saturated carbocycles. The third kappa shape index (κ3) is 4.13. The number of rotatable bonds is 5. The fraction of sp³-hybridized carbons (Fsp3) is 0.211. The normalized spacial score (nSPS) is 12.1. The van der Waals surface area contributed by atoms with Gasteiger partial charge in [-0.15, -0.1) is 0 Å². The number of fused-ring (bicyclic) bond motifs is 1. The second-order valence-corrected chi connectivity index (χ2v) is 10.5. The standard InChI is InChI=1S/C19H21N3O5S2/c1-11-7-17(28(4,24)25)12(2)18(8-11)29(26,27)22-14-5-6-15-13(9-14)10-16(21-15)19(23)20-3/h5-10,21-22H,1-4H3,(H,20,23). The van der Waals surface area contributed by atoms with Crippen molar-refractivity contribution in [2.75, 3.05) is 18.0 Å². The highest BCUT2D eigenvalue weighted by atomic mass is 32.2. The van der Waals surface area contributed by atoms with Crippen molar-refractivity contribution in [2.24, 2.45) is 0 Å². The van der Waals surface area contributed by atoms with E-state index in [1.807, 2.05) is 0 Å².